The number of piperazine rings is 1. The summed E-state index contributed by atoms with van der Waals surface area (Å²) in [6.07, 6.45) is -0.0219. The average molecular weight is 441 g/mol. The van der Waals surface area contributed by atoms with E-state index in [1.54, 1.807) is 6.92 Å². The maximum Gasteiger partial charge on any atom is 0.317 e. The zero-order chi connectivity index (χ0) is 21.9. The Morgan fingerprint density at radius 1 is 0.967 bits per heavy atom. The van der Waals surface area contributed by atoms with E-state index in [1.165, 1.54) is 29.2 Å². The van der Waals surface area contributed by atoms with Crippen molar-refractivity contribution in [3.8, 4) is 0 Å². The van der Waals surface area contributed by atoms with E-state index in [1.807, 2.05) is 0 Å². The summed E-state index contributed by atoms with van der Waals surface area (Å²) in [6, 6.07) is 7.72. The lowest BCUT2D eigenvalue weighted by Gasteiger charge is -2.34. The van der Waals surface area contributed by atoms with Gasteiger partial charge in [-0.25, -0.2) is 26.4 Å². The fraction of sp³-hybridized carbons (Fsp3) is 0.350. The number of benzene rings is 2. The Hall–Kier alpha value is -2.59. The SMILES string of the molecule is CC(Cc1c(F)cccc1F)NC(=O)N1CCN(S(=O)(=O)c2ccccc2F)CC1. The van der Waals surface area contributed by atoms with Crippen LogP contribution >= 0.6 is 0 Å². The molecule has 1 atom stereocenters. The second-order valence-corrected chi connectivity index (χ2v) is 8.98. The van der Waals surface area contributed by atoms with Gasteiger partial charge in [0.1, 0.15) is 22.3 Å². The van der Waals surface area contributed by atoms with E-state index in [4.69, 9.17) is 0 Å². The summed E-state index contributed by atoms with van der Waals surface area (Å²) in [5, 5.41) is 2.67. The van der Waals surface area contributed by atoms with Crippen molar-refractivity contribution in [1.82, 2.24) is 14.5 Å². The summed E-state index contributed by atoms with van der Waals surface area (Å²) in [5.74, 6) is -2.18. The van der Waals surface area contributed by atoms with E-state index in [9.17, 15) is 26.4 Å². The number of hydrogen-bond donors (Lipinski definition) is 1. The fourth-order valence-corrected chi connectivity index (χ4v) is 4.80. The quantitative estimate of drug-likeness (QED) is 0.776. The largest absolute Gasteiger partial charge is 0.335 e. The molecular weight excluding hydrogens is 419 g/mol. The van der Waals surface area contributed by atoms with Crippen molar-refractivity contribution in [2.24, 2.45) is 0 Å². The van der Waals surface area contributed by atoms with Crippen LogP contribution in [0.5, 0.6) is 0 Å². The van der Waals surface area contributed by atoms with Crippen molar-refractivity contribution in [3.05, 3.63) is 65.5 Å². The molecule has 30 heavy (non-hydrogen) atoms. The molecule has 162 valence electrons. The van der Waals surface area contributed by atoms with Crippen LogP contribution in [0.2, 0.25) is 0 Å². The van der Waals surface area contributed by atoms with Crippen LogP contribution in [0.1, 0.15) is 12.5 Å². The van der Waals surface area contributed by atoms with Gasteiger partial charge in [0, 0.05) is 37.8 Å². The van der Waals surface area contributed by atoms with Crippen molar-refractivity contribution >= 4 is 16.1 Å². The third-order valence-electron chi connectivity index (χ3n) is 4.92. The molecule has 2 aromatic rings. The van der Waals surface area contributed by atoms with Gasteiger partial charge in [-0.2, -0.15) is 4.31 Å². The average Bonchev–Trinajstić information content (AvgIpc) is 2.71. The molecule has 1 heterocycles. The Bertz CT molecular complexity index is 1000. The van der Waals surface area contributed by atoms with Gasteiger partial charge in [-0.1, -0.05) is 18.2 Å². The number of urea groups is 1. The van der Waals surface area contributed by atoms with E-state index < -0.39 is 44.4 Å². The Morgan fingerprint density at radius 3 is 2.13 bits per heavy atom. The fourth-order valence-electron chi connectivity index (χ4n) is 3.31. The number of rotatable bonds is 5. The maximum absolute atomic E-state index is 13.9. The monoisotopic (exact) mass is 441 g/mol. The number of nitrogens with zero attached hydrogens (tertiary/aromatic N) is 2. The van der Waals surface area contributed by atoms with Gasteiger partial charge in [-0.3, -0.25) is 0 Å². The molecule has 0 saturated carbocycles. The molecule has 0 aliphatic carbocycles. The van der Waals surface area contributed by atoms with Crippen molar-refractivity contribution < 1.29 is 26.4 Å². The lowest BCUT2D eigenvalue weighted by atomic mass is 10.1. The first kappa shape index (κ1) is 22.1. The molecule has 1 N–H and O–H groups in total. The molecule has 2 aromatic carbocycles. The molecule has 1 unspecified atom stereocenters. The van der Waals surface area contributed by atoms with Crippen LogP contribution in [-0.4, -0.2) is 55.9 Å². The molecule has 1 saturated heterocycles. The lowest BCUT2D eigenvalue weighted by Crippen LogP contribution is -2.54. The van der Waals surface area contributed by atoms with Gasteiger partial charge < -0.3 is 10.2 Å². The summed E-state index contributed by atoms with van der Waals surface area (Å²) in [4.78, 5) is 13.5. The molecule has 6 nitrogen and oxygen atoms in total. The van der Waals surface area contributed by atoms with Crippen LogP contribution in [-0.2, 0) is 16.4 Å². The molecule has 0 bridgehead atoms. The lowest BCUT2D eigenvalue weighted by molar-refractivity contribution is 0.169. The van der Waals surface area contributed by atoms with Gasteiger partial charge in [0.15, 0.2) is 0 Å². The van der Waals surface area contributed by atoms with Gasteiger partial charge in [0.25, 0.3) is 0 Å². The zero-order valence-corrected chi connectivity index (χ0v) is 17.1. The van der Waals surface area contributed by atoms with Crippen molar-refractivity contribution in [2.45, 2.75) is 24.3 Å². The van der Waals surface area contributed by atoms with Gasteiger partial charge in [0.05, 0.1) is 0 Å². The Labute approximate surface area is 173 Å². The number of sulfonamides is 1. The van der Waals surface area contributed by atoms with Gasteiger partial charge in [0.2, 0.25) is 10.0 Å². The van der Waals surface area contributed by atoms with E-state index in [0.29, 0.717) is 0 Å². The number of nitrogens with one attached hydrogen (secondary N) is 1. The summed E-state index contributed by atoms with van der Waals surface area (Å²) < 4.78 is 67.8. The van der Waals surface area contributed by atoms with Crippen LogP contribution in [0, 0.1) is 17.5 Å². The molecule has 0 radical (unpaired) electrons. The first-order valence-electron chi connectivity index (χ1n) is 9.43. The number of hydrogen-bond acceptors (Lipinski definition) is 3. The topological polar surface area (TPSA) is 69.7 Å². The minimum absolute atomic E-state index is 0.0143. The summed E-state index contributed by atoms with van der Waals surface area (Å²) >= 11 is 0. The standard InChI is InChI=1S/C20H22F3N3O3S/c1-14(13-15-16(21)6-4-7-17(15)22)24-20(27)25-9-11-26(12-10-25)30(28,29)19-8-3-2-5-18(19)23/h2-8,14H,9-13H2,1H3,(H,24,27). The number of halogens is 3. The predicted octanol–water partition coefficient (Wildman–Crippen LogP) is 2.75. The van der Waals surface area contributed by atoms with Crippen molar-refractivity contribution in [1.29, 1.82) is 0 Å². The molecule has 0 spiro atoms. The highest BCUT2D eigenvalue weighted by Gasteiger charge is 2.32. The second kappa shape index (κ2) is 9.05. The van der Waals surface area contributed by atoms with Gasteiger partial charge in [-0.05, 0) is 37.6 Å². The maximum atomic E-state index is 13.9. The van der Waals surface area contributed by atoms with Crippen LogP contribution in [0.4, 0.5) is 18.0 Å². The normalized spacial score (nSPS) is 16.3. The number of carbonyl (C=O) groups is 1. The second-order valence-electron chi connectivity index (χ2n) is 7.08. The van der Waals surface area contributed by atoms with Crippen LogP contribution < -0.4 is 5.32 Å². The first-order valence-corrected chi connectivity index (χ1v) is 10.9. The minimum Gasteiger partial charge on any atom is -0.335 e. The Balaban J connectivity index is 1.57. The Morgan fingerprint density at radius 2 is 1.53 bits per heavy atom. The van der Waals surface area contributed by atoms with Crippen molar-refractivity contribution in [2.75, 3.05) is 26.2 Å². The Kier molecular flexibility index (Phi) is 6.67. The summed E-state index contributed by atoms with van der Waals surface area (Å²) in [5.41, 5.74) is -0.105. The van der Waals surface area contributed by atoms with E-state index in [0.717, 1.165) is 22.5 Å². The first-order chi connectivity index (χ1) is 14.2. The summed E-state index contributed by atoms with van der Waals surface area (Å²) in [6.45, 7) is 1.88. The highest BCUT2D eigenvalue weighted by Crippen LogP contribution is 2.20. The highest BCUT2D eigenvalue weighted by atomic mass is 32.2. The molecule has 0 aromatic heterocycles. The minimum atomic E-state index is -4.00. The van der Waals surface area contributed by atoms with Crippen LogP contribution in [0.15, 0.2) is 47.4 Å². The number of amides is 2. The third kappa shape index (κ3) is 4.76. The predicted molar refractivity (Wildman–Crippen MR) is 105 cm³/mol. The number of carbonyl (C=O) groups excluding carboxylic acids is 1. The third-order valence-corrected chi connectivity index (χ3v) is 6.85. The molecule has 2 amide bonds. The zero-order valence-electron chi connectivity index (χ0n) is 16.3. The smallest absolute Gasteiger partial charge is 0.317 e. The van der Waals surface area contributed by atoms with E-state index in [-0.39, 0.29) is 38.2 Å². The molecule has 3 rings (SSSR count). The summed E-state index contributed by atoms with van der Waals surface area (Å²) in [7, 11) is -4.00. The van der Waals surface area contributed by atoms with Gasteiger partial charge >= 0.3 is 6.03 Å². The van der Waals surface area contributed by atoms with Crippen LogP contribution in [0.25, 0.3) is 0 Å². The molecule has 10 heteroatoms. The van der Waals surface area contributed by atoms with Crippen molar-refractivity contribution in [3.63, 3.8) is 0 Å². The highest BCUT2D eigenvalue weighted by molar-refractivity contribution is 7.89. The van der Waals surface area contributed by atoms with Gasteiger partial charge in [-0.15, -0.1) is 0 Å². The molecular formula is C20H22F3N3O3S. The molecule has 1 aliphatic heterocycles. The van der Waals surface area contributed by atoms with E-state index in [2.05, 4.69) is 5.32 Å². The van der Waals surface area contributed by atoms with E-state index >= 15 is 0 Å². The molecule has 1 fully saturated rings. The molecule has 1 aliphatic rings. The van der Waals surface area contributed by atoms with Crippen LogP contribution in [0.3, 0.4) is 0 Å².